The first-order valence-corrected chi connectivity index (χ1v) is 10.1. The van der Waals surface area contributed by atoms with Crippen molar-refractivity contribution in [3.8, 4) is 11.8 Å². The first kappa shape index (κ1) is 21.3. The molecule has 3 rings (SSSR count). The number of benzene rings is 2. The Morgan fingerprint density at radius 2 is 1.83 bits per heavy atom. The minimum Gasteiger partial charge on any atom is -0.497 e. The molecular weight excluding hydrogens is 376 g/mol. The van der Waals surface area contributed by atoms with Gasteiger partial charge in [-0.1, -0.05) is 24.3 Å². The van der Waals surface area contributed by atoms with Gasteiger partial charge in [0.1, 0.15) is 17.4 Å². The lowest BCUT2D eigenvalue weighted by atomic mass is 10.1. The highest BCUT2D eigenvalue weighted by atomic mass is 16.5. The molecule has 6 heteroatoms. The van der Waals surface area contributed by atoms with Gasteiger partial charge in [0.05, 0.1) is 7.11 Å². The van der Waals surface area contributed by atoms with Gasteiger partial charge in [0.2, 0.25) is 0 Å². The second-order valence-corrected chi connectivity index (χ2v) is 7.43. The van der Waals surface area contributed by atoms with Crippen molar-refractivity contribution in [3.05, 3.63) is 70.9 Å². The van der Waals surface area contributed by atoms with Gasteiger partial charge in [-0.3, -0.25) is 4.79 Å². The second kappa shape index (κ2) is 9.84. The number of carbonyl (C=O) groups is 1. The number of amides is 1. The zero-order valence-corrected chi connectivity index (χ0v) is 17.8. The summed E-state index contributed by atoms with van der Waals surface area (Å²) in [5.74, 6) is 0.410. The van der Waals surface area contributed by atoms with Crippen LogP contribution < -0.4 is 15.0 Å². The summed E-state index contributed by atoms with van der Waals surface area (Å²) in [6.45, 7) is 7.89. The molecule has 0 spiro atoms. The zero-order chi connectivity index (χ0) is 21.5. The summed E-state index contributed by atoms with van der Waals surface area (Å²) in [6.07, 6.45) is 1.68. The van der Waals surface area contributed by atoms with E-state index in [0.29, 0.717) is 6.54 Å². The molecular formula is C24H28N4O2. The van der Waals surface area contributed by atoms with Gasteiger partial charge < -0.3 is 19.9 Å². The van der Waals surface area contributed by atoms with E-state index >= 15 is 0 Å². The van der Waals surface area contributed by atoms with Crippen LogP contribution in [0.1, 0.15) is 16.7 Å². The van der Waals surface area contributed by atoms with Crippen LogP contribution in [0.4, 0.5) is 5.69 Å². The molecule has 2 aromatic rings. The van der Waals surface area contributed by atoms with E-state index in [1.165, 1.54) is 16.8 Å². The van der Waals surface area contributed by atoms with E-state index in [1.807, 2.05) is 35.2 Å². The molecule has 0 aliphatic carbocycles. The van der Waals surface area contributed by atoms with Crippen LogP contribution in [0, 0.1) is 25.2 Å². The number of carbonyl (C=O) groups excluding carboxylic acids is 1. The molecule has 0 atom stereocenters. The molecule has 6 nitrogen and oxygen atoms in total. The third kappa shape index (κ3) is 5.12. The Bertz CT molecular complexity index is 952. The van der Waals surface area contributed by atoms with Gasteiger partial charge >= 0.3 is 0 Å². The van der Waals surface area contributed by atoms with E-state index in [0.717, 1.165) is 37.5 Å². The number of hydrogen-bond donors (Lipinski definition) is 1. The first-order valence-electron chi connectivity index (χ1n) is 10.1. The molecule has 1 fully saturated rings. The number of ether oxygens (including phenoxy) is 1. The number of anilines is 1. The standard InChI is InChI=1S/C24H28N4O2/c1-18-5-4-6-23(19(18)2)28-13-11-27(12-14-28)17-21(15-25)24(29)26-16-20-7-9-22(30-3)10-8-20/h4-10,17H,11-14,16H2,1-3H3,(H,26,29). The predicted molar refractivity (Wildman–Crippen MR) is 118 cm³/mol. The highest BCUT2D eigenvalue weighted by molar-refractivity contribution is 5.97. The molecule has 1 amide bonds. The fourth-order valence-electron chi connectivity index (χ4n) is 3.51. The lowest BCUT2D eigenvalue weighted by Gasteiger charge is -2.36. The maximum atomic E-state index is 12.4. The van der Waals surface area contributed by atoms with Gasteiger partial charge in [0, 0.05) is 44.6 Å². The maximum Gasteiger partial charge on any atom is 0.263 e. The number of nitriles is 1. The number of nitrogens with one attached hydrogen (secondary N) is 1. The molecule has 0 radical (unpaired) electrons. The minimum atomic E-state index is -0.356. The molecule has 156 valence electrons. The van der Waals surface area contributed by atoms with Gasteiger partial charge in [0.25, 0.3) is 5.91 Å². The van der Waals surface area contributed by atoms with E-state index in [4.69, 9.17) is 4.74 Å². The van der Waals surface area contributed by atoms with Crippen LogP contribution in [0.15, 0.2) is 54.2 Å². The van der Waals surface area contributed by atoms with Gasteiger partial charge in [0.15, 0.2) is 0 Å². The Kier molecular flexibility index (Phi) is 6.97. The van der Waals surface area contributed by atoms with Gasteiger partial charge in [-0.05, 0) is 48.7 Å². The van der Waals surface area contributed by atoms with Crippen molar-refractivity contribution in [3.63, 3.8) is 0 Å². The Labute approximate surface area is 178 Å². The number of rotatable bonds is 6. The average molecular weight is 405 g/mol. The Morgan fingerprint density at radius 3 is 2.47 bits per heavy atom. The molecule has 0 bridgehead atoms. The molecule has 1 N–H and O–H groups in total. The Morgan fingerprint density at radius 1 is 1.13 bits per heavy atom. The zero-order valence-electron chi connectivity index (χ0n) is 17.8. The fraction of sp³-hybridized carbons (Fsp3) is 0.333. The molecule has 1 aliphatic rings. The van der Waals surface area contributed by atoms with Crippen LogP contribution in [-0.2, 0) is 11.3 Å². The van der Waals surface area contributed by atoms with Crippen LogP contribution in [0.5, 0.6) is 5.75 Å². The lowest BCUT2D eigenvalue weighted by Crippen LogP contribution is -2.44. The molecule has 0 saturated carbocycles. The van der Waals surface area contributed by atoms with Gasteiger partial charge in [-0.2, -0.15) is 5.26 Å². The van der Waals surface area contributed by atoms with Crippen LogP contribution in [-0.4, -0.2) is 44.1 Å². The summed E-state index contributed by atoms with van der Waals surface area (Å²) in [7, 11) is 1.61. The lowest BCUT2D eigenvalue weighted by molar-refractivity contribution is -0.117. The molecule has 0 aromatic heterocycles. The minimum absolute atomic E-state index is 0.128. The summed E-state index contributed by atoms with van der Waals surface area (Å²) in [4.78, 5) is 16.9. The van der Waals surface area contributed by atoms with Crippen molar-refractivity contribution in [2.45, 2.75) is 20.4 Å². The summed E-state index contributed by atoms with van der Waals surface area (Å²) in [5.41, 5.74) is 4.93. The van der Waals surface area contributed by atoms with Crippen molar-refractivity contribution < 1.29 is 9.53 Å². The van der Waals surface area contributed by atoms with Gasteiger partial charge in [-0.15, -0.1) is 0 Å². The van der Waals surface area contributed by atoms with E-state index in [-0.39, 0.29) is 11.5 Å². The van der Waals surface area contributed by atoms with Crippen molar-refractivity contribution in [2.24, 2.45) is 0 Å². The molecule has 1 heterocycles. The molecule has 30 heavy (non-hydrogen) atoms. The number of methoxy groups -OCH3 is 1. The maximum absolute atomic E-state index is 12.4. The average Bonchev–Trinajstić information content (AvgIpc) is 2.78. The summed E-state index contributed by atoms with van der Waals surface area (Å²) >= 11 is 0. The number of aryl methyl sites for hydroxylation is 1. The van der Waals surface area contributed by atoms with Crippen LogP contribution in [0.25, 0.3) is 0 Å². The number of hydrogen-bond acceptors (Lipinski definition) is 5. The summed E-state index contributed by atoms with van der Waals surface area (Å²) in [5, 5.41) is 12.3. The van der Waals surface area contributed by atoms with E-state index in [9.17, 15) is 10.1 Å². The fourth-order valence-corrected chi connectivity index (χ4v) is 3.51. The van der Waals surface area contributed by atoms with Crippen LogP contribution in [0.2, 0.25) is 0 Å². The summed E-state index contributed by atoms with van der Waals surface area (Å²) < 4.78 is 5.13. The highest BCUT2D eigenvalue weighted by Gasteiger charge is 2.19. The van der Waals surface area contributed by atoms with E-state index in [2.05, 4.69) is 42.3 Å². The normalized spacial score (nSPS) is 14.3. The SMILES string of the molecule is COc1ccc(CNC(=O)C(C#N)=CN2CCN(c3cccc(C)c3C)CC2)cc1. The van der Waals surface area contributed by atoms with Crippen LogP contribution in [0.3, 0.4) is 0 Å². The Balaban J connectivity index is 1.56. The van der Waals surface area contributed by atoms with Crippen molar-refractivity contribution >= 4 is 11.6 Å². The molecule has 1 saturated heterocycles. The first-order chi connectivity index (χ1) is 14.5. The van der Waals surface area contributed by atoms with E-state index in [1.54, 1.807) is 13.3 Å². The van der Waals surface area contributed by atoms with Gasteiger partial charge in [-0.25, -0.2) is 0 Å². The monoisotopic (exact) mass is 404 g/mol. The smallest absolute Gasteiger partial charge is 0.263 e. The van der Waals surface area contributed by atoms with Crippen LogP contribution >= 0.6 is 0 Å². The topological polar surface area (TPSA) is 68.6 Å². The predicted octanol–water partition coefficient (Wildman–Crippen LogP) is 3.16. The van der Waals surface area contributed by atoms with Crippen molar-refractivity contribution in [1.29, 1.82) is 5.26 Å². The third-order valence-electron chi connectivity index (χ3n) is 5.52. The number of nitrogens with zero attached hydrogens (tertiary/aromatic N) is 3. The third-order valence-corrected chi connectivity index (χ3v) is 5.52. The van der Waals surface area contributed by atoms with E-state index < -0.39 is 0 Å². The largest absolute Gasteiger partial charge is 0.497 e. The quantitative estimate of drug-likeness (QED) is 0.592. The number of piperazine rings is 1. The van der Waals surface area contributed by atoms with Crippen molar-refractivity contribution in [2.75, 3.05) is 38.2 Å². The molecule has 0 unspecified atom stereocenters. The highest BCUT2D eigenvalue weighted by Crippen LogP contribution is 2.24. The molecule has 2 aromatic carbocycles. The Hall–Kier alpha value is -3.46. The second-order valence-electron chi connectivity index (χ2n) is 7.43. The summed E-state index contributed by atoms with van der Waals surface area (Å²) in [6, 6.07) is 15.9. The molecule has 1 aliphatic heterocycles. The van der Waals surface area contributed by atoms with Crippen molar-refractivity contribution in [1.82, 2.24) is 10.2 Å².